The molecule has 0 aliphatic heterocycles. The van der Waals surface area contributed by atoms with Gasteiger partial charge >= 0.3 is 6.03 Å². The lowest BCUT2D eigenvalue weighted by Gasteiger charge is -1.98. The molecule has 1 heterocycles. The molecule has 0 aliphatic carbocycles. The molecule has 88 valence electrons. The lowest BCUT2D eigenvalue weighted by molar-refractivity contribution is 0.100. The maximum Gasteiger partial charge on any atom is 0.309 e. The minimum Gasteiger partial charge on any atom is -0.480 e. The number of Topliss-reactive ketones (excluding diaryl/α,β-unsaturated/α-hetero) is 1. The molecule has 0 saturated heterocycles. The first kappa shape index (κ1) is 13.7. The molecule has 7 heteroatoms. The average molecular weight is 228 g/mol. The summed E-state index contributed by atoms with van der Waals surface area (Å²) in [6, 6.07) is 0.330. The van der Waals surface area contributed by atoms with E-state index in [0.29, 0.717) is 0 Å². The molecule has 0 saturated carbocycles. The lowest BCUT2D eigenvalue weighted by Crippen LogP contribution is -2.18. The van der Waals surface area contributed by atoms with Crippen molar-refractivity contribution in [1.29, 1.82) is 0 Å². The fourth-order valence-electron chi connectivity index (χ4n) is 0.919. The topological polar surface area (TPSA) is 137 Å². The minimum atomic E-state index is -0.833. The van der Waals surface area contributed by atoms with E-state index in [2.05, 4.69) is 15.9 Å². The van der Waals surface area contributed by atoms with Gasteiger partial charge in [-0.3, -0.25) is 9.59 Å². The molecule has 7 nitrogen and oxygen atoms in total. The number of nitrogens with two attached hydrogens (primary N) is 2. The SMILES string of the molecule is CC(=O)c1c(O)oc(C)cc1=O.NC(N)=O. The Labute approximate surface area is 90.7 Å². The van der Waals surface area contributed by atoms with Crippen molar-refractivity contribution in [2.24, 2.45) is 11.5 Å². The van der Waals surface area contributed by atoms with Crippen molar-refractivity contribution >= 4 is 11.8 Å². The van der Waals surface area contributed by atoms with E-state index in [0.717, 1.165) is 6.07 Å². The van der Waals surface area contributed by atoms with Gasteiger partial charge in [-0.15, -0.1) is 0 Å². The zero-order valence-corrected chi connectivity index (χ0v) is 8.81. The van der Waals surface area contributed by atoms with Crippen LogP contribution in [0.4, 0.5) is 4.79 Å². The Morgan fingerprint density at radius 2 is 1.81 bits per heavy atom. The van der Waals surface area contributed by atoms with Crippen LogP contribution in [0.15, 0.2) is 15.3 Å². The Balaban J connectivity index is 0.000000487. The second-order valence-corrected chi connectivity index (χ2v) is 2.86. The third-order valence-electron chi connectivity index (χ3n) is 1.40. The molecule has 1 aromatic heterocycles. The Kier molecular flexibility index (Phi) is 4.74. The number of primary amides is 2. The third kappa shape index (κ3) is 4.27. The number of aromatic hydroxyl groups is 1. The molecule has 5 N–H and O–H groups in total. The summed E-state index contributed by atoms with van der Waals surface area (Å²) >= 11 is 0. The molecule has 0 radical (unpaired) electrons. The van der Waals surface area contributed by atoms with Crippen molar-refractivity contribution in [2.75, 3.05) is 0 Å². The zero-order chi connectivity index (χ0) is 12.9. The highest BCUT2D eigenvalue weighted by Crippen LogP contribution is 2.14. The predicted molar refractivity (Wildman–Crippen MR) is 55.2 cm³/mol. The highest BCUT2D eigenvalue weighted by Gasteiger charge is 2.13. The van der Waals surface area contributed by atoms with Crippen LogP contribution in [-0.2, 0) is 0 Å². The van der Waals surface area contributed by atoms with Crippen LogP contribution in [-0.4, -0.2) is 16.9 Å². The van der Waals surface area contributed by atoms with E-state index in [1.54, 1.807) is 0 Å². The van der Waals surface area contributed by atoms with Crippen LogP contribution in [0.3, 0.4) is 0 Å². The number of carbonyl (C=O) groups excluding carboxylic acids is 2. The van der Waals surface area contributed by atoms with E-state index in [9.17, 15) is 9.59 Å². The van der Waals surface area contributed by atoms with E-state index in [1.807, 2.05) is 0 Å². The van der Waals surface area contributed by atoms with Crippen LogP contribution in [0.2, 0.25) is 0 Å². The van der Waals surface area contributed by atoms with Crippen molar-refractivity contribution in [3.05, 3.63) is 27.6 Å². The van der Waals surface area contributed by atoms with Gasteiger partial charge in [-0.25, -0.2) is 4.79 Å². The van der Waals surface area contributed by atoms with Gasteiger partial charge in [0.15, 0.2) is 11.2 Å². The van der Waals surface area contributed by atoms with Gasteiger partial charge < -0.3 is 21.0 Å². The van der Waals surface area contributed by atoms with Gasteiger partial charge in [0, 0.05) is 6.07 Å². The summed E-state index contributed by atoms with van der Waals surface area (Å²) in [4.78, 5) is 30.8. The summed E-state index contributed by atoms with van der Waals surface area (Å²) in [5.41, 5.74) is 7.70. The van der Waals surface area contributed by atoms with Crippen LogP contribution in [0, 0.1) is 6.92 Å². The summed E-state index contributed by atoms with van der Waals surface area (Å²) in [6.07, 6.45) is 0. The second-order valence-electron chi connectivity index (χ2n) is 2.86. The van der Waals surface area contributed by atoms with Gasteiger partial charge in [0.25, 0.3) is 5.95 Å². The van der Waals surface area contributed by atoms with Gasteiger partial charge in [-0.1, -0.05) is 0 Å². The van der Waals surface area contributed by atoms with Crippen LogP contribution in [0.1, 0.15) is 23.0 Å². The molecule has 0 fully saturated rings. The largest absolute Gasteiger partial charge is 0.480 e. The summed E-state index contributed by atoms with van der Waals surface area (Å²) in [5, 5.41) is 9.06. The van der Waals surface area contributed by atoms with E-state index in [4.69, 9.17) is 9.90 Å². The smallest absolute Gasteiger partial charge is 0.309 e. The van der Waals surface area contributed by atoms with Gasteiger partial charge in [-0.05, 0) is 13.8 Å². The highest BCUT2D eigenvalue weighted by atomic mass is 16.5. The zero-order valence-electron chi connectivity index (χ0n) is 8.81. The number of aryl methyl sites for hydroxylation is 1. The molecule has 0 aliphatic rings. The fourth-order valence-corrected chi connectivity index (χ4v) is 0.919. The first-order valence-electron chi connectivity index (χ1n) is 4.15. The number of hydrogen-bond acceptors (Lipinski definition) is 5. The Morgan fingerprint density at radius 1 is 1.38 bits per heavy atom. The predicted octanol–water partition coefficient (Wildman–Crippen LogP) is -0.120. The van der Waals surface area contributed by atoms with Gasteiger partial charge in [-0.2, -0.15) is 0 Å². The van der Waals surface area contributed by atoms with Gasteiger partial charge in [0.1, 0.15) is 11.3 Å². The molecule has 0 aromatic carbocycles. The molecular formula is C9H12N2O5. The molecule has 0 atom stereocenters. The number of urea groups is 1. The summed E-state index contributed by atoms with van der Waals surface area (Å²) in [5.74, 6) is -0.823. The van der Waals surface area contributed by atoms with Crippen LogP contribution in [0.25, 0.3) is 0 Å². The van der Waals surface area contributed by atoms with Gasteiger partial charge in [0.2, 0.25) is 0 Å². The van der Waals surface area contributed by atoms with E-state index >= 15 is 0 Å². The molecule has 1 aromatic rings. The standard InChI is InChI=1S/C8H8O4.CH4N2O/c1-4-3-6(10)7(5(2)9)8(11)12-4;2-1(3)4/h3,11H,1-2H3;(H4,2,3,4). The van der Waals surface area contributed by atoms with Gasteiger partial charge in [0.05, 0.1) is 0 Å². The molecular weight excluding hydrogens is 216 g/mol. The van der Waals surface area contributed by atoms with Crippen molar-refractivity contribution in [1.82, 2.24) is 0 Å². The van der Waals surface area contributed by atoms with Crippen molar-refractivity contribution in [2.45, 2.75) is 13.8 Å². The molecule has 16 heavy (non-hydrogen) atoms. The summed E-state index contributed by atoms with van der Waals surface area (Å²) < 4.78 is 4.69. The number of rotatable bonds is 1. The van der Waals surface area contributed by atoms with Crippen LogP contribution >= 0.6 is 0 Å². The summed E-state index contributed by atoms with van der Waals surface area (Å²) in [7, 11) is 0. The number of amides is 2. The average Bonchev–Trinajstić information content (AvgIpc) is 1.98. The van der Waals surface area contributed by atoms with Crippen molar-refractivity contribution < 1.29 is 19.1 Å². The monoisotopic (exact) mass is 228 g/mol. The molecule has 0 unspecified atom stereocenters. The molecule has 1 rings (SSSR count). The quantitative estimate of drug-likeness (QED) is 0.575. The number of ketones is 1. The Hall–Kier alpha value is -2.31. The number of carbonyl (C=O) groups is 2. The molecule has 0 spiro atoms. The van der Waals surface area contributed by atoms with Crippen molar-refractivity contribution in [3.63, 3.8) is 0 Å². The maximum absolute atomic E-state index is 11.1. The Bertz CT molecular complexity index is 459. The molecule has 2 amide bonds. The van der Waals surface area contributed by atoms with Crippen molar-refractivity contribution in [3.8, 4) is 5.95 Å². The summed E-state index contributed by atoms with van der Waals surface area (Å²) in [6.45, 7) is 2.71. The van der Waals surface area contributed by atoms with E-state index in [1.165, 1.54) is 13.8 Å². The van der Waals surface area contributed by atoms with Crippen LogP contribution < -0.4 is 16.9 Å². The van der Waals surface area contributed by atoms with E-state index < -0.39 is 23.2 Å². The minimum absolute atomic E-state index is 0.280. The fraction of sp³-hybridized carbons (Fsp3) is 0.222. The first-order valence-corrected chi connectivity index (χ1v) is 4.15. The third-order valence-corrected chi connectivity index (χ3v) is 1.40. The number of hydrogen-bond donors (Lipinski definition) is 3. The van der Waals surface area contributed by atoms with E-state index in [-0.39, 0.29) is 11.3 Å². The maximum atomic E-state index is 11.1. The Morgan fingerprint density at radius 3 is 2.12 bits per heavy atom. The first-order chi connectivity index (χ1) is 7.25. The highest BCUT2D eigenvalue weighted by molar-refractivity contribution is 5.95. The normalized spacial score (nSPS) is 8.88. The second kappa shape index (κ2) is 5.54. The lowest BCUT2D eigenvalue weighted by atomic mass is 10.2. The molecule has 0 bridgehead atoms. The van der Waals surface area contributed by atoms with Crippen LogP contribution in [0.5, 0.6) is 5.95 Å².